The lowest BCUT2D eigenvalue weighted by Gasteiger charge is -2.55. The van der Waals surface area contributed by atoms with E-state index in [4.69, 9.17) is 0 Å². The van der Waals surface area contributed by atoms with Crippen LogP contribution in [0.5, 0.6) is 0 Å². The molecule has 1 heteroatoms. The third-order valence-corrected chi connectivity index (χ3v) is 11.5. The van der Waals surface area contributed by atoms with Crippen LogP contribution >= 0.6 is 0 Å². The molecule has 0 radical (unpaired) electrons. The molecule has 7 atom stereocenters. The summed E-state index contributed by atoms with van der Waals surface area (Å²) in [7, 11) is 0. The summed E-state index contributed by atoms with van der Waals surface area (Å²) in [5.41, 5.74) is 5.81. The van der Waals surface area contributed by atoms with E-state index in [1.165, 1.54) is 44.1 Å². The molecule has 0 aromatic carbocycles. The van der Waals surface area contributed by atoms with Gasteiger partial charge in [0, 0.05) is 12.3 Å². The molecule has 4 rings (SSSR count). The van der Waals surface area contributed by atoms with E-state index >= 15 is 0 Å². The zero-order valence-electron chi connectivity index (χ0n) is 23.5. The third-order valence-electron chi connectivity index (χ3n) is 11.5. The SMILES string of the molecule is C[C@@H]1C[C@H]2C(=O)CC3=C(CC[C@@]4(C)C3=CC[C@@H]4C(C)(C)[C@H](C)CCC(C)(C)C)[C@@]2(C)C[C@@H]1C. The Hall–Kier alpha value is -0.850. The number of carbonyl (C=O) groups excluding carboxylic acids is 1. The summed E-state index contributed by atoms with van der Waals surface area (Å²) in [6.07, 6.45) is 11.9. The first kappa shape index (κ1) is 25.2. The second-order valence-electron chi connectivity index (χ2n) is 15.1. The third kappa shape index (κ3) is 4.02. The van der Waals surface area contributed by atoms with E-state index in [1.807, 2.05) is 0 Å². The van der Waals surface area contributed by atoms with E-state index in [0.29, 0.717) is 46.7 Å². The molecule has 0 amide bonds. The molecule has 0 N–H and O–H groups in total. The summed E-state index contributed by atoms with van der Waals surface area (Å²) in [6, 6.07) is 0. The number of carbonyl (C=O) groups is 1. The van der Waals surface area contributed by atoms with Crippen LogP contribution in [0.4, 0.5) is 0 Å². The maximum Gasteiger partial charge on any atom is 0.141 e. The maximum absolute atomic E-state index is 13.5. The first-order valence-electron chi connectivity index (χ1n) is 14.1. The van der Waals surface area contributed by atoms with E-state index in [2.05, 4.69) is 75.3 Å². The Kier molecular flexibility index (Phi) is 6.19. The quantitative estimate of drug-likeness (QED) is 0.415. The highest BCUT2D eigenvalue weighted by molar-refractivity contribution is 5.88. The highest BCUT2D eigenvalue weighted by Crippen LogP contribution is 2.66. The smallest absolute Gasteiger partial charge is 0.141 e. The van der Waals surface area contributed by atoms with Crippen LogP contribution in [-0.2, 0) is 4.79 Å². The molecule has 186 valence electrons. The lowest BCUT2D eigenvalue weighted by atomic mass is 9.48. The summed E-state index contributed by atoms with van der Waals surface area (Å²) < 4.78 is 0. The number of hydrogen-bond acceptors (Lipinski definition) is 1. The Balaban J connectivity index is 1.64. The minimum absolute atomic E-state index is 0.104. The number of allylic oxidation sites excluding steroid dienone is 4. The van der Waals surface area contributed by atoms with Gasteiger partial charge in [-0.25, -0.2) is 0 Å². The number of rotatable bonds is 4. The number of Topliss-reactive ketones (excluding diaryl/α,β-unsaturated/α-hetero) is 1. The molecule has 0 saturated heterocycles. The van der Waals surface area contributed by atoms with Crippen molar-refractivity contribution in [1.82, 2.24) is 0 Å². The van der Waals surface area contributed by atoms with Gasteiger partial charge in [-0.15, -0.1) is 0 Å². The largest absolute Gasteiger partial charge is 0.299 e. The van der Waals surface area contributed by atoms with Crippen molar-refractivity contribution in [2.75, 3.05) is 0 Å². The number of fused-ring (bicyclic) bond motifs is 4. The van der Waals surface area contributed by atoms with Gasteiger partial charge in [0.25, 0.3) is 0 Å². The predicted molar refractivity (Wildman–Crippen MR) is 141 cm³/mol. The molecule has 0 spiro atoms. The van der Waals surface area contributed by atoms with Crippen molar-refractivity contribution in [2.45, 2.75) is 121 Å². The first-order valence-corrected chi connectivity index (χ1v) is 14.1. The molecule has 0 heterocycles. The van der Waals surface area contributed by atoms with E-state index in [0.717, 1.165) is 6.42 Å². The van der Waals surface area contributed by atoms with E-state index in [-0.39, 0.29) is 16.7 Å². The summed E-state index contributed by atoms with van der Waals surface area (Å²) in [5.74, 6) is 3.58. The Morgan fingerprint density at radius 2 is 1.73 bits per heavy atom. The fourth-order valence-electron chi connectivity index (χ4n) is 8.71. The van der Waals surface area contributed by atoms with Crippen LogP contribution in [0.25, 0.3) is 0 Å². The maximum atomic E-state index is 13.5. The van der Waals surface area contributed by atoms with Crippen LogP contribution in [0.1, 0.15) is 121 Å². The van der Waals surface area contributed by atoms with Gasteiger partial charge in [-0.2, -0.15) is 0 Å². The molecule has 4 aliphatic rings. The monoisotopic (exact) mass is 452 g/mol. The molecule has 0 aliphatic heterocycles. The Bertz CT molecular complexity index is 863. The van der Waals surface area contributed by atoms with Gasteiger partial charge in [0.15, 0.2) is 0 Å². The summed E-state index contributed by atoms with van der Waals surface area (Å²) in [6.45, 7) is 24.5. The normalized spacial score (nSPS) is 40.2. The van der Waals surface area contributed by atoms with E-state index < -0.39 is 0 Å². The first-order chi connectivity index (χ1) is 15.1. The van der Waals surface area contributed by atoms with Gasteiger partial charge in [-0.3, -0.25) is 4.79 Å². The highest BCUT2D eigenvalue weighted by Gasteiger charge is 2.57. The van der Waals surface area contributed by atoms with Gasteiger partial charge in [0.05, 0.1) is 0 Å². The standard InChI is InChI=1S/C32H52O/c1-20-17-26-27(33)18-23-24-11-12-28(30(7,8)22(3)13-15-29(4,5)6)31(24,9)16-14-25(23)32(26,10)19-21(20)2/h11,20-22,26,28H,12-19H2,1-10H3/t20-,21+,22-,26+,28-,31+,32-/m1/s1. The molecule has 0 unspecified atom stereocenters. The molecule has 4 aliphatic carbocycles. The Labute approximate surface area is 205 Å². The van der Waals surface area contributed by atoms with Crippen LogP contribution < -0.4 is 0 Å². The topological polar surface area (TPSA) is 17.1 Å². The molecule has 1 fully saturated rings. The molecule has 1 saturated carbocycles. The van der Waals surface area contributed by atoms with Crippen LogP contribution in [0.15, 0.2) is 22.8 Å². The second-order valence-corrected chi connectivity index (χ2v) is 15.1. The van der Waals surface area contributed by atoms with Gasteiger partial charge in [-0.1, -0.05) is 80.9 Å². The van der Waals surface area contributed by atoms with Crippen LogP contribution in [0, 0.1) is 51.2 Å². The second kappa shape index (κ2) is 8.09. The average Bonchev–Trinajstić information content (AvgIpc) is 3.06. The van der Waals surface area contributed by atoms with Crippen molar-refractivity contribution in [3.05, 3.63) is 22.8 Å². The average molecular weight is 453 g/mol. The van der Waals surface area contributed by atoms with Crippen LogP contribution in [0.2, 0.25) is 0 Å². The minimum atomic E-state index is 0.104. The van der Waals surface area contributed by atoms with Gasteiger partial charge in [-0.05, 0) is 101 Å². The lowest BCUT2D eigenvalue weighted by Crippen LogP contribution is -2.49. The summed E-state index contributed by atoms with van der Waals surface area (Å²) in [4.78, 5) is 13.5. The van der Waals surface area contributed by atoms with Crippen molar-refractivity contribution >= 4 is 5.78 Å². The van der Waals surface area contributed by atoms with E-state index in [1.54, 1.807) is 11.1 Å². The van der Waals surface area contributed by atoms with Gasteiger partial charge in [0.1, 0.15) is 5.78 Å². The molecule has 0 bridgehead atoms. The van der Waals surface area contributed by atoms with Crippen LogP contribution in [-0.4, -0.2) is 5.78 Å². The van der Waals surface area contributed by atoms with Crippen molar-refractivity contribution in [3.8, 4) is 0 Å². The Morgan fingerprint density at radius 3 is 2.36 bits per heavy atom. The predicted octanol–water partition coefficient (Wildman–Crippen LogP) is 9.18. The molecular weight excluding hydrogens is 400 g/mol. The van der Waals surface area contributed by atoms with Gasteiger partial charge < -0.3 is 0 Å². The number of ketones is 1. The van der Waals surface area contributed by atoms with Gasteiger partial charge in [0.2, 0.25) is 0 Å². The zero-order chi connectivity index (χ0) is 24.6. The van der Waals surface area contributed by atoms with Crippen molar-refractivity contribution < 1.29 is 4.79 Å². The molecule has 33 heavy (non-hydrogen) atoms. The van der Waals surface area contributed by atoms with Gasteiger partial charge >= 0.3 is 0 Å². The van der Waals surface area contributed by atoms with E-state index in [9.17, 15) is 4.79 Å². The molecule has 1 nitrogen and oxygen atoms in total. The summed E-state index contributed by atoms with van der Waals surface area (Å²) >= 11 is 0. The zero-order valence-corrected chi connectivity index (χ0v) is 23.5. The molecule has 0 aromatic heterocycles. The fourth-order valence-corrected chi connectivity index (χ4v) is 8.71. The highest BCUT2D eigenvalue weighted by atomic mass is 16.1. The van der Waals surface area contributed by atoms with Crippen LogP contribution in [0.3, 0.4) is 0 Å². The van der Waals surface area contributed by atoms with Crippen molar-refractivity contribution in [1.29, 1.82) is 0 Å². The lowest BCUT2D eigenvalue weighted by molar-refractivity contribution is -0.130. The fraction of sp³-hybridized carbons (Fsp3) is 0.844. The van der Waals surface area contributed by atoms with Crippen molar-refractivity contribution in [2.24, 2.45) is 51.2 Å². The molecular formula is C32H52O. The summed E-state index contributed by atoms with van der Waals surface area (Å²) in [5, 5.41) is 0. The molecule has 0 aromatic rings. The van der Waals surface area contributed by atoms with Crippen molar-refractivity contribution in [3.63, 3.8) is 0 Å². The Morgan fingerprint density at radius 1 is 1.06 bits per heavy atom. The minimum Gasteiger partial charge on any atom is -0.299 e. The number of hydrogen-bond donors (Lipinski definition) is 0.